The van der Waals surface area contributed by atoms with E-state index in [9.17, 15) is 19.5 Å². The number of amides is 1. The number of likely N-dealkylation sites (tertiary alicyclic amines) is 1. The summed E-state index contributed by atoms with van der Waals surface area (Å²) in [6.07, 6.45) is 0.589. The van der Waals surface area contributed by atoms with Crippen molar-refractivity contribution < 1.29 is 29.0 Å². The Balaban J connectivity index is 1.74. The van der Waals surface area contributed by atoms with E-state index in [0.29, 0.717) is 29.0 Å². The number of carbonyl (C=O) groups is 3. The molecular weight excluding hydrogens is 494 g/mol. The molecule has 3 aromatic rings. The molecule has 39 heavy (non-hydrogen) atoms. The number of carbonyl (C=O) groups excluding carboxylic acids is 3. The van der Waals surface area contributed by atoms with Gasteiger partial charge in [-0.05, 0) is 62.6 Å². The average Bonchev–Trinajstić information content (AvgIpc) is 3.16. The van der Waals surface area contributed by atoms with E-state index in [1.54, 1.807) is 62.4 Å². The van der Waals surface area contributed by atoms with E-state index in [-0.39, 0.29) is 24.0 Å². The van der Waals surface area contributed by atoms with Crippen LogP contribution in [0, 0.1) is 6.92 Å². The number of benzene rings is 3. The van der Waals surface area contributed by atoms with Crippen molar-refractivity contribution in [3.05, 3.63) is 106 Å². The van der Waals surface area contributed by atoms with Gasteiger partial charge >= 0.3 is 5.97 Å². The normalized spacial score (nSPS) is 16.5. The number of rotatable bonds is 9. The Morgan fingerprint density at radius 1 is 0.974 bits per heavy atom. The highest BCUT2D eigenvalue weighted by Gasteiger charge is 2.46. The lowest BCUT2D eigenvalue weighted by Gasteiger charge is -2.26. The molecule has 0 radical (unpaired) electrons. The quantitative estimate of drug-likeness (QED) is 0.159. The topological polar surface area (TPSA) is 93.1 Å². The zero-order valence-corrected chi connectivity index (χ0v) is 22.6. The Kier molecular flexibility index (Phi) is 8.49. The number of esters is 1. The predicted molar refractivity (Wildman–Crippen MR) is 148 cm³/mol. The number of aryl methyl sites for hydroxylation is 1. The first kappa shape index (κ1) is 27.6. The summed E-state index contributed by atoms with van der Waals surface area (Å²) in [5, 5.41) is 11.4. The number of hydrogen-bond donors (Lipinski definition) is 1. The van der Waals surface area contributed by atoms with Crippen molar-refractivity contribution in [3.63, 3.8) is 0 Å². The molecule has 1 amide bonds. The maximum Gasteiger partial charge on any atom is 0.338 e. The number of aliphatic hydroxyl groups excluding tert-OH is 1. The van der Waals surface area contributed by atoms with Crippen LogP contribution in [0.4, 0.5) is 0 Å². The summed E-state index contributed by atoms with van der Waals surface area (Å²) in [7, 11) is 0. The van der Waals surface area contributed by atoms with Crippen molar-refractivity contribution in [1.82, 2.24) is 4.90 Å². The van der Waals surface area contributed by atoms with Crippen LogP contribution in [0.2, 0.25) is 0 Å². The van der Waals surface area contributed by atoms with Crippen LogP contribution >= 0.6 is 0 Å². The average molecular weight is 528 g/mol. The van der Waals surface area contributed by atoms with Gasteiger partial charge in [-0.2, -0.15) is 0 Å². The van der Waals surface area contributed by atoms with Gasteiger partial charge in [0.15, 0.2) is 0 Å². The molecule has 1 unspecified atom stereocenters. The Labute approximate surface area is 228 Å². The second kappa shape index (κ2) is 12.0. The molecule has 1 aliphatic rings. The van der Waals surface area contributed by atoms with E-state index in [2.05, 4.69) is 0 Å². The van der Waals surface area contributed by atoms with Crippen molar-refractivity contribution in [2.24, 2.45) is 0 Å². The third-order valence-corrected chi connectivity index (χ3v) is 6.36. The fraction of sp³-hybridized carbons (Fsp3) is 0.281. The molecule has 202 valence electrons. The highest BCUT2D eigenvalue weighted by molar-refractivity contribution is 6.46. The molecule has 0 bridgehead atoms. The molecule has 0 aromatic heterocycles. The highest BCUT2D eigenvalue weighted by atomic mass is 16.5. The van der Waals surface area contributed by atoms with Crippen LogP contribution in [0.5, 0.6) is 5.75 Å². The van der Waals surface area contributed by atoms with Crippen LogP contribution in [-0.4, -0.2) is 40.4 Å². The number of Topliss-reactive ketones (excluding diaryl/α,β-unsaturated/α-hetero) is 1. The molecule has 0 aliphatic carbocycles. The molecule has 3 aromatic carbocycles. The van der Waals surface area contributed by atoms with E-state index in [4.69, 9.17) is 9.47 Å². The second-order valence-electron chi connectivity index (χ2n) is 9.87. The van der Waals surface area contributed by atoms with Gasteiger partial charge in [0, 0.05) is 12.1 Å². The van der Waals surface area contributed by atoms with Crippen LogP contribution in [-0.2, 0) is 20.9 Å². The van der Waals surface area contributed by atoms with Gasteiger partial charge in [-0.15, -0.1) is 0 Å². The highest BCUT2D eigenvalue weighted by Crippen LogP contribution is 2.40. The van der Waals surface area contributed by atoms with Crippen LogP contribution in [0.25, 0.3) is 5.76 Å². The van der Waals surface area contributed by atoms with E-state index < -0.39 is 23.7 Å². The first-order chi connectivity index (χ1) is 18.7. The van der Waals surface area contributed by atoms with Crippen molar-refractivity contribution >= 4 is 23.4 Å². The molecule has 0 spiro atoms. The minimum Gasteiger partial charge on any atom is -0.507 e. The number of aliphatic hydroxyl groups is 1. The molecule has 7 heteroatoms. The van der Waals surface area contributed by atoms with E-state index in [1.165, 1.54) is 4.90 Å². The third-order valence-electron chi connectivity index (χ3n) is 6.36. The van der Waals surface area contributed by atoms with Gasteiger partial charge in [0.1, 0.15) is 11.5 Å². The lowest BCUT2D eigenvalue weighted by Crippen LogP contribution is -2.29. The van der Waals surface area contributed by atoms with Gasteiger partial charge in [0.2, 0.25) is 0 Å². The van der Waals surface area contributed by atoms with Crippen molar-refractivity contribution in [1.29, 1.82) is 0 Å². The summed E-state index contributed by atoms with van der Waals surface area (Å²) in [5.74, 6) is -1.57. The van der Waals surface area contributed by atoms with Gasteiger partial charge in [0.05, 0.1) is 29.9 Å². The lowest BCUT2D eigenvalue weighted by atomic mass is 9.94. The van der Waals surface area contributed by atoms with Crippen molar-refractivity contribution in [2.75, 3.05) is 6.61 Å². The SMILES string of the molecule is CCCOc1cccc(/C(O)=C2\C(=O)C(=O)N(Cc3ccc(C(=O)OC(C)C)cc3)C2c2cccc(C)c2)c1. The smallest absolute Gasteiger partial charge is 0.338 e. The van der Waals surface area contributed by atoms with E-state index >= 15 is 0 Å². The first-order valence-electron chi connectivity index (χ1n) is 13.1. The number of hydrogen-bond acceptors (Lipinski definition) is 6. The molecule has 1 fully saturated rings. The fourth-order valence-electron chi connectivity index (χ4n) is 4.56. The summed E-state index contributed by atoms with van der Waals surface area (Å²) in [5.41, 5.74) is 3.22. The monoisotopic (exact) mass is 527 g/mol. The number of ketones is 1. The number of nitrogens with zero attached hydrogens (tertiary/aromatic N) is 1. The predicted octanol–water partition coefficient (Wildman–Crippen LogP) is 5.97. The molecule has 1 saturated heterocycles. The minimum atomic E-state index is -0.796. The van der Waals surface area contributed by atoms with Gasteiger partial charge in [-0.3, -0.25) is 9.59 Å². The van der Waals surface area contributed by atoms with Gasteiger partial charge in [-0.1, -0.05) is 61.0 Å². The van der Waals surface area contributed by atoms with Crippen LogP contribution in [0.1, 0.15) is 65.8 Å². The first-order valence-corrected chi connectivity index (χ1v) is 13.1. The molecule has 0 saturated carbocycles. The maximum atomic E-state index is 13.4. The van der Waals surface area contributed by atoms with E-state index in [0.717, 1.165) is 17.5 Å². The summed E-state index contributed by atoms with van der Waals surface area (Å²) in [4.78, 5) is 40.4. The van der Waals surface area contributed by atoms with Crippen molar-refractivity contribution in [3.8, 4) is 5.75 Å². The zero-order valence-electron chi connectivity index (χ0n) is 22.6. The summed E-state index contributed by atoms with van der Waals surface area (Å²) < 4.78 is 11.0. The van der Waals surface area contributed by atoms with Crippen LogP contribution in [0.3, 0.4) is 0 Å². The Hall–Kier alpha value is -4.39. The molecule has 7 nitrogen and oxygen atoms in total. The number of ether oxygens (including phenoxy) is 2. The molecular formula is C32H33NO6. The van der Waals surface area contributed by atoms with Crippen molar-refractivity contribution in [2.45, 2.75) is 52.8 Å². The summed E-state index contributed by atoms with van der Waals surface area (Å²) >= 11 is 0. The Bertz CT molecular complexity index is 1410. The molecule has 1 N–H and O–H groups in total. The lowest BCUT2D eigenvalue weighted by molar-refractivity contribution is -0.140. The van der Waals surface area contributed by atoms with Gasteiger partial charge in [-0.25, -0.2) is 4.79 Å². The summed E-state index contributed by atoms with van der Waals surface area (Å²) in [6, 6.07) is 20.4. The molecule has 1 atom stereocenters. The molecule has 4 rings (SSSR count). The Morgan fingerprint density at radius 2 is 1.69 bits per heavy atom. The minimum absolute atomic E-state index is 0.0235. The zero-order chi connectivity index (χ0) is 28.1. The maximum absolute atomic E-state index is 13.4. The Morgan fingerprint density at radius 3 is 2.36 bits per heavy atom. The molecule has 1 heterocycles. The standard InChI is InChI=1S/C32H33NO6/c1-5-16-38-26-11-7-10-25(18-26)29(34)27-28(24-9-6-8-21(4)17-24)33(31(36)30(27)35)19-22-12-14-23(15-13-22)32(37)39-20(2)3/h6-15,17-18,20,28,34H,5,16,19H2,1-4H3/b29-27+. The summed E-state index contributed by atoms with van der Waals surface area (Å²) in [6.45, 7) is 8.12. The fourth-order valence-corrected chi connectivity index (χ4v) is 4.56. The largest absolute Gasteiger partial charge is 0.507 e. The van der Waals surface area contributed by atoms with Crippen LogP contribution < -0.4 is 4.74 Å². The molecule has 1 aliphatic heterocycles. The van der Waals surface area contributed by atoms with Crippen LogP contribution in [0.15, 0.2) is 78.4 Å². The third kappa shape index (κ3) is 6.20. The van der Waals surface area contributed by atoms with Gasteiger partial charge in [0.25, 0.3) is 11.7 Å². The van der Waals surface area contributed by atoms with Gasteiger partial charge < -0.3 is 19.5 Å². The second-order valence-corrected chi connectivity index (χ2v) is 9.87. The van der Waals surface area contributed by atoms with E-state index in [1.807, 2.05) is 38.1 Å².